The number of likely N-dealkylation sites (tertiary alicyclic amines) is 1. The number of rotatable bonds is 5. The first-order chi connectivity index (χ1) is 10.0. The predicted molar refractivity (Wildman–Crippen MR) is 72.9 cm³/mol. The van der Waals surface area contributed by atoms with Crippen LogP contribution in [0, 0.1) is 0 Å². The summed E-state index contributed by atoms with van der Waals surface area (Å²) < 4.78 is 43.4. The molecular formula is C14H20F3N3O. The van der Waals surface area contributed by atoms with Crippen molar-refractivity contribution in [2.75, 3.05) is 26.2 Å². The van der Waals surface area contributed by atoms with E-state index in [-0.39, 0.29) is 12.4 Å². The van der Waals surface area contributed by atoms with Crippen molar-refractivity contribution in [2.45, 2.75) is 32.0 Å². The van der Waals surface area contributed by atoms with Gasteiger partial charge in [0.25, 0.3) is 0 Å². The van der Waals surface area contributed by atoms with E-state index in [0.717, 1.165) is 32.0 Å². The SMILES string of the molecule is NCc1ccc(C(F)(F)F)nc1OCCN1CCCCC1. The molecule has 7 heteroatoms. The summed E-state index contributed by atoms with van der Waals surface area (Å²) in [5.74, 6) is -0.00988. The summed E-state index contributed by atoms with van der Waals surface area (Å²) in [7, 11) is 0. The second-order valence-corrected chi connectivity index (χ2v) is 5.11. The fourth-order valence-electron chi connectivity index (χ4n) is 2.36. The Hall–Kier alpha value is -1.34. The highest BCUT2D eigenvalue weighted by molar-refractivity contribution is 5.29. The first-order valence-electron chi connectivity index (χ1n) is 7.13. The van der Waals surface area contributed by atoms with Crippen molar-refractivity contribution in [3.8, 4) is 5.88 Å². The number of hydrogen-bond donors (Lipinski definition) is 1. The molecule has 0 unspecified atom stereocenters. The Morgan fingerprint density at radius 3 is 2.52 bits per heavy atom. The topological polar surface area (TPSA) is 51.4 Å². The molecular weight excluding hydrogens is 283 g/mol. The molecule has 2 N–H and O–H groups in total. The van der Waals surface area contributed by atoms with Crippen molar-refractivity contribution in [1.82, 2.24) is 9.88 Å². The highest BCUT2D eigenvalue weighted by Gasteiger charge is 2.33. The van der Waals surface area contributed by atoms with Gasteiger partial charge in [0.05, 0.1) is 0 Å². The summed E-state index contributed by atoms with van der Waals surface area (Å²) in [5.41, 5.74) is 5.05. The van der Waals surface area contributed by atoms with E-state index in [1.54, 1.807) is 0 Å². The van der Waals surface area contributed by atoms with E-state index in [9.17, 15) is 13.2 Å². The van der Waals surface area contributed by atoms with Crippen LogP contribution in [0.25, 0.3) is 0 Å². The van der Waals surface area contributed by atoms with Gasteiger partial charge in [0, 0.05) is 18.7 Å². The number of halogens is 3. The zero-order chi connectivity index (χ0) is 15.3. The Kier molecular flexibility index (Phi) is 5.41. The Bertz CT molecular complexity index is 459. The van der Waals surface area contributed by atoms with Gasteiger partial charge in [0.15, 0.2) is 0 Å². The molecule has 2 heterocycles. The van der Waals surface area contributed by atoms with Gasteiger partial charge < -0.3 is 10.5 Å². The Morgan fingerprint density at radius 2 is 1.90 bits per heavy atom. The average molecular weight is 303 g/mol. The maximum atomic E-state index is 12.7. The van der Waals surface area contributed by atoms with Crippen LogP contribution in [0.1, 0.15) is 30.5 Å². The van der Waals surface area contributed by atoms with E-state index in [0.29, 0.717) is 18.7 Å². The van der Waals surface area contributed by atoms with Crippen LogP contribution in [0.2, 0.25) is 0 Å². The third-order valence-electron chi connectivity index (χ3n) is 3.54. The van der Waals surface area contributed by atoms with Crippen molar-refractivity contribution in [2.24, 2.45) is 5.73 Å². The minimum atomic E-state index is -4.47. The normalized spacial score (nSPS) is 17.0. The standard InChI is InChI=1S/C14H20F3N3O/c15-14(16,17)12-5-4-11(10-18)13(19-12)21-9-8-20-6-2-1-3-7-20/h4-5H,1-3,6-10,18H2. The summed E-state index contributed by atoms with van der Waals surface area (Å²) in [5, 5.41) is 0. The first-order valence-corrected chi connectivity index (χ1v) is 7.13. The largest absolute Gasteiger partial charge is 0.476 e. The van der Waals surface area contributed by atoms with Crippen molar-refractivity contribution in [3.05, 3.63) is 23.4 Å². The molecule has 1 aromatic rings. The van der Waals surface area contributed by atoms with Gasteiger partial charge in [-0.15, -0.1) is 0 Å². The molecule has 1 saturated heterocycles. The molecule has 0 bridgehead atoms. The number of pyridine rings is 1. The Labute approximate surface area is 122 Å². The molecule has 0 saturated carbocycles. The van der Waals surface area contributed by atoms with E-state index in [1.165, 1.54) is 12.5 Å². The lowest BCUT2D eigenvalue weighted by atomic mass is 10.1. The van der Waals surface area contributed by atoms with E-state index < -0.39 is 11.9 Å². The smallest absolute Gasteiger partial charge is 0.433 e. The molecule has 4 nitrogen and oxygen atoms in total. The highest BCUT2D eigenvalue weighted by atomic mass is 19.4. The maximum absolute atomic E-state index is 12.7. The van der Waals surface area contributed by atoms with Crippen LogP contribution in [0.3, 0.4) is 0 Å². The minimum Gasteiger partial charge on any atom is -0.476 e. The molecule has 0 atom stereocenters. The number of ether oxygens (including phenoxy) is 1. The fraction of sp³-hybridized carbons (Fsp3) is 0.643. The third kappa shape index (κ3) is 4.57. The van der Waals surface area contributed by atoms with Gasteiger partial charge in [-0.05, 0) is 32.0 Å². The second kappa shape index (κ2) is 7.09. The molecule has 0 spiro atoms. The van der Waals surface area contributed by atoms with Crippen LogP contribution in [-0.4, -0.2) is 36.1 Å². The highest BCUT2D eigenvalue weighted by Crippen LogP contribution is 2.30. The van der Waals surface area contributed by atoms with Gasteiger partial charge in [0.1, 0.15) is 12.3 Å². The van der Waals surface area contributed by atoms with Crippen LogP contribution >= 0.6 is 0 Å². The van der Waals surface area contributed by atoms with E-state index in [1.807, 2.05) is 0 Å². The zero-order valence-electron chi connectivity index (χ0n) is 11.8. The summed E-state index contributed by atoms with van der Waals surface area (Å²) in [6, 6.07) is 2.26. The van der Waals surface area contributed by atoms with Crippen LogP contribution in [0.5, 0.6) is 5.88 Å². The second-order valence-electron chi connectivity index (χ2n) is 5.11. The van der Waals surface area contributed by atoms with Crippen LogP contribution in [0.4, 0.5) is 13.2 Å². The molecule has 21 heavy (non-hydrogen) atoms. The van der Waals surface area contributed by atoms with E-state index in [2.05, 4.69) is 9.88 Å². The monoisotopic (exact) mass is 303 g/mol. The number of alkyl halides is 3. The minimum absolute atomic E-state index is 0.00988. The van der Waals surface area contributed by atoms with Gasteiger partial charge in [-0.25, -0.2) is 4.98 Å². The molecule has 1 aliphatic rings. The van der Waals surface area contributed by atoms with Crippen LogP contribution in [-0.2, 0) is 12.7 Å². The van der Waals surface area contributed by atoms with Gasteiger partial charge in [-0.1, -0.05) is 12.5 Å². The summed E-state index contributed by atoms with van der Waals surface area (Å²) in [6.45, 7) is 3.15. The van der Waals surface area contributed by atoms with Crippen molar-refractivity contribution in [3.63, 3.8) is 0 Å². The van der Waals surface area contributed by atoms with Gasteiger partial charge in [-0.3, -0.25) is 4.90 Å². The molecule has 0 radical (unpaired) electrons. The van der Waals surface area contributed by atoms with E-state index >= 15 is 0 Å². The predicted octanol–water partition coefficient (Wildman–Crippen LogP) is 2.42. The molecule has 0 aromatic carbocycles. The molecule has 118 valence electrons. The summed E-state index contributed by atoms with van der Waals surface area (Å²) in [6.07, 6.45) is -0.909. The first kappa shape index (κ1) is 16.0. The molecule has 2 rings (SSSR count). The number of nitrogens with two attached hydrogens (primary N) is 1. The Morgan fingerprint density at radius 1 is 1.19 bits per heavy atom. The van der Waals surface area contributed by atoms with Gasteiger partial charge in [0.2, 0.25) is 5.88 Å². The molecule has 1 aliphatic heterocycles. The summed E-state index contributed by atoms with van der Waals surface area (Å²) in [4.78, 5) is 5.80. The number of hydrogen-bond acceptors (Lipinski definition) is 4. The van der Waals surface area contributed by atoms with Crippen molar-refractivity contribution < 1.29 is 17.9 Å². The number of piperidine rings is 1. The molecule has 0 amide bonds. The van der Waals surface area contributed by atoms with Gasteiger partial charge in [-0.2, -0.15) is 13.2 Å². The molecule has 1 fully saturated rings. The molecule has 0 aliphatic carbocycles. The van der Waals surface area contributed by atoms with E-state index in [4.69, 9.17) is 10.5 Å². The van der Waals surface area contributed by atoms with Crippen molar-refractivity contribution in [1.29, 1.82) is 0 Å². The lowest BCUT2D eigenvalue weighted by Gasteiger charge is -2.26. The average Bonchev–Trinajstić information content (AvgIpc) is 2.47. The maximum Gasteiger partial charge on any atom is 0.433 e. The van der Waals surface area contributed by atoms with Gasteiger partial charge >= 0.3 is 6.18 Å². The lowest BCUT2D eigenvalue weighted by Crippen LogP contribution is -2.33. The third-order valence-corrected chi connectivity index (χ3v) is 3.54. The number of nitrogens with zero attached hydrogens (tertiary/aromatic N) is 2. The zero-order valence-corrected chi connectivity index (χ0v) is 11.8. The van der Waals surface area contributed by atoms with Crippen LogP contribution in [0.15, 0.2) is 12.1 Å². The number of aromatic nitrogens is 1. The molecule has 1 aromatic heterocycles. The van der Waals surface area contributed by atoms with Crippen LogP contribution < -0.4 is 10.5 Å². The lowest BCUT2D eigenvalue weighted by molar-refractivity contribution is -0.141. The summed E-state index contributed by atoms with van der Waals surface area (Å²) >= 11 is 0. The quantitative estimate of drug-likeness (QED) is 0.907. The Balaban J connectivity index is 1.96. The van der Waals surface area contributed by atoms with Crippen molar-refractivity contribution >= 4 is 0 Å². The fourth-order valence-corrected chi connectivity index (χ4v) is 2.36.